The van der Waals surface area contributed by atoms with Crippen LogP contribution in [-0.4, -0.2) is 29.7 Å². The monoisotopic (exact) mass is 155 g/mol. The van der Waals surface area contributed by atoms with Crippen molar-refractivity contribution in [3.8, 4) is 0 Å². The van der Waals surface area contributed by atoms with Crippen LogP contribution in [0.1, 0.15) is 26.2 Å². The first-order valence-corrected chi connectivity index (χ1v) is 4.45. The predicted molar refractivity (Wildman–Crippen MR) is 44.9 cm³/mol. The van der Waals surface area contributed by atoms with E-state index in [-0.39, 0.29) is 0 Å². The Kier molecular flexibility index (Phi) is 1.67. The van der Waals surface area contributed by atoms with E-state index in [2.05, 4.69) is 12.2 Å². The molecule has 1 atom stereocenters. The molecule has 2 aliphatic rings. The molecule has 3 nitrogen and oxygen atoms in total. The summed E-state index contributed by atoms with van der Waals surface area (Å²) in [4.78, 5) is 0. The second kappa shape index (κ2) is 2.44. The fourth-order valence-electron chi connectivity index (χ4n) is 1.73. The Morgan fingerprint density at radius 1 is 1.55 bits per heavy atom. The predicted octanol–water partition coefficient (Wildman–Crippen LogP) is 0.0765. The van der Waals surface area contributed by atoms with Crippen molar-refractivity contribution in [3.63, 3.8) is 0 Å². The minimum atomic E-state index is 0.468. The minimum absolute atomic E-state index is 0.468. The molecule has 2 rings (SSSR count). The number of nitrogens with zero attached hydrogens (tertiary/aromatic N) is 1. The molecule has 1 unspecified atom stereocenters. The summed E-state index contributed by atoms with van der Waals surface area (Å²) in [6, 6.07) is 0.646. The maximum atomic E-state index is 5.66. The number of nitrogens with one attached hydrogen (secondary N) is 1. The van der Waals surface area contributed by atoms with Gasteiger partial charge in [-0.15, -0.1) is 0 Å². The highest BCUT2D eigenvalue weighted by atomic mass is 15.4. The molecule has 0 radical (unpaired) electrons. The normalized spacial score (nSPS) is 36.0. The summed E-state index contributed by atoms with van der Waals surface area (Å²) >= 11 is 0. The lowest BCUT2D eigenvalue weighted by atomic mass is 10.2. The number of rotatable bonds is 2. The molecular formula is C8H17N3. The van der Waals surface area contributed by atoms with Crippen LogP contribution in [0.15, 0.2) is 0 Å². The van der Waals surface area contributed by atoms with Gasteiger partial charge in [-0.25, -0.2) is 5.01 Å². The maximum absolute atomic E-state index is 5.66. The molecule has 1 saturated heterocycles. The summed E-state index contributed by atoms with van der Waals surface area (Å²) < 4.78 is 0. The van der Waals surface area contributed by atoms with E-state index in [4.69, 9.17) is 5.84 Å². The van der Waals surface area contributed by atoms with Gasteiger partial charge in [0.25, 0.3) is 0 Å². The number of hydrogen-bond acceptors (Lipinski definition) is 3. The molecule has 0 aromatic carbocycles. The Hall–Kier alpha value is -0.120. The van der Waals surface area contributed by atoms with E-state index in [0.717, 1.165) is 13.1 Å². The van der Waals surface area contributed by atoms with Crippen LogP contribution >= 0.6 is 0 Å². The Labute approximate surface area is 67.9 Å². The van der Waals surface area contributed by atoms with E-state index in [1.54, 1.807) is 0 Å². The molecule has 0 spiro atoms. The van der Waals surface area contributed by atoms with Gasteiger partial charge in [-0.3, -0.25) is 5.84 Å². The highest BCUT2D eigenvalue weighted by Crippen LogP contribution is 2.35. The van der Waals surface area contributed by atoms with Gasteiger partial charge in [0.1, 0.15) is 0 Å². The van der Waals surface area contributed by atoms with Crippen molar-refractivity contribution in [3.05, 3.63) is 0 Å². The van der Waals surface area contributed by atoms with E-state index >= 15 is 0 Å². The first-order valence-electron chi connectivity index (χ1n) is 4.45. The summed E-state index contributed by atoms with van der Waals surface area (Å²) in [7, 11) is 0. The molecule has 1 heterocycles. The second-order valence-electron chi connectivity index (χ2n) is 4.19. The van der Waals surface area contributed by atoms with Gasteiger partial charge in [0.05, 0.1) is 0 Å². The third-order valence-corrected chi connectivity index (χ3v) is 2.77. The highest BCUT2D eigenvalue weighted by Gasteiger charge is 2.39. The maximum Gasteiger partial charge on any atom is 0.0283 e. The average Bonchev–Trinajstić information content (AvgIpc) is 2.49. The molecule has 1 saturated carbocycles. The van der Waals surface area contributed by atoms with E-state index in [9.17, 15) is 0 Å². The number of hydrazine groups is 1. The lowest BCUT2D eigenvalue weighted by Crippen LogP contribution is -2.41. The number of nitrogens with two attached hydrogens (primary N) is 1. The molecule has 0 amide bonds. The van der Waals surface area contributed by atoms with Gasteiger partial charge in [-0.1, -0.05) is 0 Å². The molecule has 3 N–H and O–H groups in total. The minimum Gasteiger partial charge on any atom is -0.307 e. The van der Waals surface area contributed by atoms with Crippen LogP contribution in [0.5, 0.6) is 0 Å². The SMILES string of the molecule is CC1(NC2CCN(N)C2)CC1. The largest absolute Gasteiger partial charge is 0.307 e. The fraction of sp³-hybridized carbons (Fsp3) is 1.00. The van der Waals surface area contributed by atoms with Gasteiger partial charge in [0.15, 0.2) is 0 Å². The lowest BCUT2D eigenvalue weighted by molar-refractivity contribution is 0.333. The van der Waals surface area contributed by atoms with E-state index in [0.29, 0.717) is 11.6 Å². The Morgan fingerprint density at radius 2 is 2.27 bits per heavy atom. The summed E-state index contributed by atoms with van der Waals surface area (Å²) in [5.41, 5.74) is 0.468. The van der Waals surface area contributed by atoms with E-state index in [1.165, 1.54) is 19.3 Å². The van der Waals surface area contributed by atoms with Crippen LogP contribution in [0.25, 0.3) is 0 Å². The van der Waals surface area contributed by atoms with Crippen LogP contribution in [0.3, 0.4) is 0 Å². The standard InChI is InChI=1S/C8H17N3/c1-8(3-4-8)10-7-2-5-11(9)6-7/h7,10H,2-6,9H2,1H3. The zero-order valence-electron chi connectivity index (χ0n) is 7.14. The molecule has 1 aliphatic carbocycles. The molecule has 2 fully saturated rings. The smallest absolute Gasteiger partial charge is 0.0283 e. The van der Waals surface area contributed by atoms with Gasteiger partial charge in [0.2, 0.25) is 0 Å². The Morgan fingerprint density at radius 3 is 2.73 bits per heavy atom. The van der Waals surface area contributed by atoms with Crippen LogP contribution in [0.4, 0.5) is 0 Å². The second-order valence-corrected chi connectivity index (χ2v) is 4.19. The first-order chi connectivity index (χ1) is 5.18. The molecule has 1 aliphatic heterocycles. The van der Waals surface area contributed by atoms with E-state index < -0.39 is 0 Å². The molecule has 3 heteroatoms. The van der Waals surface area contributed by atoms with Gasteiger partial charge in [-0.2, -0.15) is 0 Å². The zero-order valence-corrected chi connectivity index (χ0v) is 7.14. The van der Waals surface area contributed by atoms with Crippen LogP contribution in [0, 0.1) is 0 Å². The quantitative estimate of drug-likeness (QED) is 0.555. The van der Waals surface area contributed by atoms with Crippen LogP contribution in [-0.2, 0) is 0 Å². The Balaban J connectivity index is 1.79. The molecule has 0 aromatic heterocycles. The van der Waals surface area contributed by atoms with Crippen molar-refractivity contribution in [1.29, 1.82) is 0 Å². The van der Waals surface area contributed by atoms with Crippen LogP contribution < -0.4 is 11.2 Å². The highest BCUT2D eigenvalue weighted by molar-refractivity contribution is 5.00. The Bertz CT molecular complexity index is 153. The summed E-state index contributed by atoms with van der Waals surface area (Å²) in [6.07, 6.45) is 3.90. The van der Waals surface area contributed by atoms with Gasteiger partial charge < -0.3 is 5.32 Å². The summed E-state index contributed by atoms with van der Waals surface area (Å²) in [5.74, 6) is 5.66. The molecule has 11 heavy (non-hydrogen) atoms. The van der Waals surface area contributed by atoms with Crippen molar-refractivity contribution in [2.24, 2.45) is 5.84 Å². The van der Waals surface area contributed by atoms with Crippen molar-refractivity contribution in [2.45, 2.75) is 37.8 Å². The lowest BCUT2D eigenvalue weighted by Gasteiger charge is -2.17. The fourth-order valence-corrected chi connectivity index (χ4v) is 1.73. The van der Waals surface area contributed by atoms with Crippen molar-refractivity contribution < 1.29 is 0 Å². The summed E-state index contributed by atoms with van der Waals surface area (Å²) in [6.45, 7) is 4.37. The van der Waals surface area contributed by atoms with Crippen molar-refractivity contribution in [2.75, 3.05) is 13.1 Å². The van der Waals surface area contributed by atoms with E-state index in [1.807, 2.05) is 5.01 Å². The van der Waals surface area contributed by atoms with Crippen molar-refractivity contribution in [1.82, 2.24) is 10.3 Å². The number of hydrogen-bond donors (Lipinski definition) is 2. The first kappa shape index (κ1) is 7.53. The van der Waals surface area contributed by atoms with Gasteiger partial charge in [-0.05, 0) is 26.2 Å². The third kappa shape index (κ3) is 1.72. The van der Waals surface area contributed by atoms with Gasteiger partial charge >= 0.3 is 0 Å². The summed E-state index contributed by atoms with van der Waals surface area (Å²) in [5, 5.41) is 5.54. The van der Waals surface area contributed by atoms with Crippen LogP contribution in [0.2, 0.25) is 0 Å². The third-order valence-electron chi connectivity index (χ3n) is 2.77. The zero-order chi connectivity index (χ0) is 7.90. The molecule has 64 valence electrons. The molecule has 0 aromatic rings. The molecule has 0 bridgehead atoms. The molecular weight excluding hydrogens is 138 g/mol. The average molecular weight is 155 g/mol. The van der Waals surface area contributed by atoms with Crippen molar-refractivity contribution >= 4 is 0 Å². The topological polar surface area (TPSA) is 41.3 Å². The van der Waals surface area contributed by atoms with Gasteiger partial charge in [0, 0.05) is 24.7 Å².